The van der Waals surface area contributed by atoms with Gasteiger partial charge in [0.1, 0.15) is 5.82 Å². The van der Waals surface area contributed by atoms with E-state index in [1.165, 1.54) is 12.1 Å². The summed E-state index contributed by atoms with van der Waals surface area (Å²) in [5.74, 6) is -0.880. The zero-order valence-electron chi connectivity index (χ0n) is 10.4. The van der Waals surface area contributed by atoms with Crippen molar-refractivity contribution >= 4 is 17.5 Å². The molecule has 0 bridgehead atoms. The minimum absolute atomic E-state index is 0.0730. The molecule has 1 rings (SSSR count). The standard InChI is InChI=1S/C13H17ClFNO2/c1-8(2)5-10(17)7-16-13(18)11-4-3-9(14)6-12(11)15/h3-4,6,8,10,17H,5,7H2,1-2H3,(H,16,18). The van der Waals surface area contributed by atoms with Gasteiger partial charge in [0, 0.05) is 11.6 Å². The second-order valence-corrected chi connectivity index (χ2v) is 5.05. The van der Waals surface area contributed by atoms with Crippen LogP contribution in [0.15, 0.2) is 18.2 Å². The topological polar surface area (TPSA) is 49.3 Å². The molecule has 18 heavy (non-hydrogen) atoms. The highest BCUT2D eigenvalue weighted by Crippen LogP contribution is 2.14. The zero-order valence-corrected chi connectivity index (χ0v) is 11.2. The summed E-state index contributed by atoms with van der Waals surface area (Å²) in [5, 5.41) is 12.3. The smallest absolute Gasteiger partial charge is 0.254 e. The Morgan fingerprint density at radius 2 is 2.17 bits per heavy atom. The molecule has 0 spiro atoms. The molecule has 1 atom stereocenters. The fourth-order valence-electron chi connectivity index (χ4n) is 1.61. The van der Waals surface area contributed by atoms with Gasteiger partial charge in [0.15, 0.2) is 0 Å². The molecule has 100 valence electrons. The van der Waals surface area contributed by atoms with E-state index in [9.17, 15) is 14.3 Å². The largest absolute Gasteiger partial charge is 0.391 e. The third kappa shape index (κ3) is 4.63. The molecule has 0 heterocycles. The molecule has 1 aromatic carbocycles. The maximum absolute atomic E-state index is 13.4. The van der Waals surface area contributed by atoms with Gasteiger partial charge in [-0.2, -0.15) is 0 Å². The van der Waals surface area contributed by atoms with Gasteiger partial charge in [-0.3, -0.25) is 4.79 Å². The number of benzene rings is 1. The summed E-state index contributed by atoms with van der Waals surface area (Å²) in [6.07, 6.45) is -0.0343. The van der Waals surface area contributed by atoms with E-state index in [4.69, 9.17) is 11.6 Å². The van der Waals surface area contributed by atoms with Crippen LogP contribution in [-0.2, 0) is 0 Å². The number of aliphatic hydroxyl groups excluding tert-OH is 1. The second-order valence-electron chi connectivity index (χ2n) is 4.62. The molecule has 0 radical (unpaired) electrons. The summed E-state index contributed by atoms with van der Waals surface area (Å²) in [6, 6.07) is 3.85. The van der Waals surface area contributed by atoms with Gasteiger partial charge in [-0.15, -0.1) is 0 Å². The summed E-state index contributed by atoms with van der Waals surface area (Å²) in [7, 11) is 0. The van der Waals surface area contributed by atoms with Crippen LogP contribution in [0.2, 0.25) is 5.02 Å². The van der Waals surface area contributed by atoms with Crippen LogP contribution in [0.3, 0.4) is 0 Å². The first kappa shape index (κ1) is 14.9. The first-order chi connectivity index (χ1) is 8.40. The molecule has 0 aliphatic rings. The molecule has 1 amide bonds. The van der Waals surface area contributed by atoms with Crippen molar-refractivity contribution in [3.63, 3.8) is 0 Å². The molecule has 0 aliphatic carbocycles. The van der Waals surface area contributed by atoms with E-state index in [1.807, 2.05) is 13.8 Å². The quantitative estimate of drug-likeness (QED) is 0.866. The maximum Gasteiger partial charge on any atom is 0.254 e. The van der Waals surface area contributed by atoms with E-state index < -0.39 is 17.8 Å². The average molecular weight is 274 g/mol. The number of rotatable bonds is 5. The fraction of sp³-hybridized carbons (Fsp3) is 0.462. The minimum atomic E-state index is -0.668. The summed E-state index contributed by atoms with van der Waals surface area (Å²) < 4.78 is 13.4. The van der Waals surface area contributed by atoms with E-state index in [0.29, 0.717) is 12.3 Å². The Hall–Kier alpha value is -1.13. The highest BCUT2D eigenvalue weighted by molar-refractivity contribution is 6.30. The predicted octanol–water partition coefficient (Wildman–Crippen LogP) is 2.62. The van der Waals surface area contributed by atoms with Crippen LogP contribution in [0.5, 0.6) is 0 Å². The van der Waals surface area contributed by atoms with Crippen LogP contribution in [0.1, 0.15) is 30.6 Å². The van der Waals surface area contributed by atoms with Crippen molar-refractivity contribution in [3.8, 4) is 0 Å². The van der Waals surface area contributed by atoms with E-state index in [2.05, 4.69) is 5.32 Å². The molecule has 0 fully saturated rings. The van der Waals surface area contributed by atoms with Crippen molar-refractivity contribution in [3.05, 3.63) is 34.6 Å². The molecule has 3 nitrogen and oxygen atoms in total. The monoisotopic (exact) mass is 273 g/mol. The minimum Gasteiger partial charge on any atom is -0.391 e. The van der Waals surface area contributed by atoms with Crippen LogP contribution >= 0.6 is 11.6 Å². The molecular weight excluding hydrogens is 257 g/mol. The van der Waals surface area contributed by atoms with E-state index >= 15 is 0 Å². The first-order valence-corrected chi connectivity index (χ1v) is 6.19. The van der Waals surface area contributed by atoms with Crippen molar-refractivity contribution in [1.29, 1.82) is 0 Å². The summed E-state index contributed by atoms with van der Waals surface area (Å²) in [6.45, 7) is 4.06. The third-order valence-corrected chi connectivity index (χ3v) is 2.65. The Bertz CT molecular complexity index is 423. The van der Waals surface area contributed by atoms with Gasteiger partial charge in [-0.25, -0.2) is 4.39 Å². The summed E-state index contributed by atoms with van der Waals surface area (Å²) in [5.41, 5.74) is -0.0730. The van der Waals surface area contributed by atoms with Crippen LogP contribution in [0.4, 0.5) is 4.39 Å². The first-order valence-electron chi connectivity index (χ1n) is 5.81. The lowest BCUT2D eigenvalue weighted by atomic mass is 10.1. The zero-order chi connectivity index (χ0) is 13.7. The fourth-order valence-corrected chi connectivity index (χ4v) is 1.77. The van der Waals surface area contributed by atoms with Crippen molar-refractivity contribution in [2.45, 2.75) is 26.4 Å². The summed E-state index contributed by atoms with van der Waals surface area (Å²) in [4.78, 5) is 11.7. The number of amides is 1. The predicted molar refractivity (Wildman–Crippen MR) is 69.2 cm³/mol. The van der Waals surface area contributed by atoms with Gasteiger partial charge in [-0.05, 0) is 30.5 Å². The molecule has 0 saturated heterocycles. The van der Waals surface area contributed by atoms with Crippen molar-refractivity contribution < 1.29 is 14.3 Å². The highest BCUT2D eigenvalue weighted by Gasteiger charge is 2.14. The van der Waals surface area contributed by atoms with Gasteiger partial charge in [0.05, 0.1) is 11.7 Å². The lowest BCUT2D eigenvalue weighted by Crippen LogP contribution is -2.33. The Balaban J connectivity index is 2.55. The van der Waals surface area contributed by atoms with Crippen LogP contribution in [-0.4, -0.2) is 23.7 Å². The molecule has 1 aromatic rings. The maximum atomic E-state index is 13.4. The van der Waals surface area contributed by atoms with Gasteiger partial charge in [0.2, 0.25) is 0 Å². The number of hydrogen-bond acceptors (Lipinski definition) is 2. The Morgan fingerprint density at radius 3 is 2.72 bits per heavy atom. The average Bonchev–Trinajstić information content (AvgIpc) is 2.25. The van der Waals surface area contributed by atoms with Crippen molar-refractivity contribution in [2.75, 3.05) is 6.54 Å². The lowest BCUT2D eigenvalue weighted by molar-refractivity contribution is 0.0896. The molecular formula is C13H17ClFNO2. The molecule has 1 unspecified atom stereocenters. The van der Waals surface area contributed by atoms with Crippen molar-refractivity contribution in [2.24, 2.45) is 5.92 Å². The van der Waals surface area contributed by atoms with Crippen molar-refractivity contribution in [1.82, 2.24) is 5.32 Å². The van der Waals surface area contributed by atoms with Gasteiger partial charge in [0.25, 0.3) is 5.91 Å². The lowest BCUT2D eigenvalue weighted by Gasteiger charge is -2.14. The number of carbonyl (C=O) groups is 1. The second kappa shape index (κ2) is 6.71. The van der Waals surface area contributed by atoms with Gasteiger partial charge < -0.3 is 10.4 Å². The molecule has 0 aliphatic heterocycles. The Kier molecular flexibility index (Phi) is 5.56. The van der Waals surface area contributed by atoms with Gasteiger partial charge in [-0.1, -0.05) is 25.4 Å². The molecule has 0 saturated carbocycles. The number of carbonyl (C=O) groups excluding carboxylic acids is 1. The number of aliphatic hydroxyl groups is 1. The number of halogens is 2. The molecule has 5 heteroatoms. The van der Waals surface area contributed by atoms with E-state index in [0.717, 1.165) is 6.07 Å². The van der Waals surface area contributed by atoms with Gasteiger partial charge >= 0.3 is 0 Å². The van der Waals surface area contributed by atoms with Crippen LogP contribution in [0.25, 0.3) is 0 Å². The Labute approximate surface area is 111 Å². The molecule has 2 N–H and O–H groups in total. The molecule has 0 aromatic heterocycles. The third-order valence-electron chi connectivity index (χ3n) is 2.42. The van der Waals surface area contributed by atoms with Crippen LogP contribution in [0, 0.1) is 11.7 Å². The van der Waals surface area contributed by atoms with Crippen LogP contribution < -0.4 is 5.32 Å². The van der Waals surface area contributed by atoms with E-state index in [-0.39, 0.29) is 17.1 Å². The number of nitrogens with one attached hydrogen (secondary N) is 1. The Morgan fingerprint density at radius 1 is 1.50 bits per heavy atom. The number of hydrogen-bond donors (Lipinski definition) is 2. The SMILES string of the molecule is CC(C)CC(O)CNC(=O)c1ccc(Cl)cc1F. The summed E-state index contributed by atoms with van der Waals surface area (Å²) >= 11 is 5.59. The normalized spacial score (nSPS) is 12.6. The highest BCUT2D eigenvalue weighted by atomic mass is 35.5. The van der Waals surface area contributed by atoms with E-state index in [1.54, 1.807) is 0 Å².